The lowest BCUT2D eigenvalue weighted by atomic mass is 10.1. The normalized spacial score (nSPS) is 17.0. The zero-order valence-corrected chi connectivity index (χ0v) is 14.2. The molecule has 2 rings (SSSR count). The Hall–Kier alpha value is -1.75. The molecular formula is C18H28N2O3. The van der Waals surface area contributed by atoms with Crippen LogP contribution >= 0.6 is 0 Å². The van der Waals surface area contributed by atoms with Gasteiger partial charge in [0.2, 0.25) is 5.91 Å². The minimum atomic E-state index is 0.147. The average molecular weight is 320 g/mol. The number of methoxy groups -OCH3 is 1. The van der Waals surface area contributed by atoms with E-state index in [9.17, 15) is 4.79 Å². The van der Waals surface area contributed by atoms with Gasteiger partial charge < -0.3 is 20.1 Å². The van der Waals surface area contributed by atoms with Gasteiger partial charge in [0.1, 0.15) is 0 Å². The van der Waals surface area contributed by atoms with E-state index < -0.39 is 0 Å². The van der Waals surface area contributed by atoms with Crippen LogP contribution in [0.3, 0.4) is 0 Å². The molecule has 2 N–H and O–H groups in total. The van der Waals surface area contributed by atoms with Crippen molar-refractivity contribution < 1.29 is 14.3 Å². The van der Waals surface area contributed by atoms with Gasteiger partial charge in [0.05, 0.1) is 13.7 Å². The van der Waals surface area contributed by atoms with Gasteiger partial charge >= 0.3 is 0 Å². The molecule has 1 unspecified atom stereocenters. The highest BCUT2D eigenvalue weighted by atomic mass is 16.5. The van der Waals surface area contributed by atoms with E-state index >= 15 is 0 Å². The third kappa shape index (κ3) is 5.75. The van der Waals surface area contributed by atoms with Crippen LogP contribution in [0.5, 0.6) is 11.5 Å². The van der Waals surface area contributed by atoms with Crippen LogP contribution < -0.4 is 20.1 Å². The van der Waals surface area contributed by atoms with Crippen LogP contribution in [0.4, 0.5) is 0 Å². The van der Waals surface area contributed by atoms with E-state index in [2.05, 4.69) is 10.6 Å². The van der Waals surface area contributed by atoms with Crippen molar-refractivity contribution in [2.75, 3.05) is 26.8 Å². The number of carbonyl (C=O) groups excluding carboxylic acids is 1. The van der Waals surface area contributed by atoms with Gasteiger partial charge in [-0.15, -0.1) is 0 Å². The lowest BCUT2D eigenvalue weighted by Gasteiger charge is -2.12. The fourth-order valence-electron chi connectivity index (χ4n) is 2.89. The van der Waals surface area contributed by atoms with Gasteiger partial charge in [-0.05, 0) is 56.8 Å². The summed E-state index contributed by atoms with van der Waals surface area (Å²) in [6.07, 6.45) is 4.71. The van der Waals surface area contributed by atoms with Gasteiger partial charge in [-0.2, -0.15) is 0 Å². The Morgan fingerprint density at radius 2 is 2.26 bits per heavy atom. The molecule has 0 spiro atoms. The summed E-state index contributed by atoms with van der Waals surface area (Å²) in [5.74, 6) is 1.69. The highest BCUT2D eigenvalue weighted by Gasteiger charge is 2.17. The summed E-state index contributed by atoms with van der Waals surface area (Å²) >= 11 is 0. The average Bonchev–Trinajstić information content (AvgIpc) is 3.05. The zero-order chi connectivity index (χ0) is 16.5. The third-order valence-electron chi connectivity index (χ3n) is 4.09. The third-order valence-corrected chi connectivity index (χ3v) is 4.09. The number of ether oxygens (including phenoxy) is 2. The molecule has 23 heavy (non-hydrogen) atoms. The van der Waals surface area contributed by atoms with Crippen molar-refractivity contribution in [1.82, 2.24) is 10.6 Å². The topological polar surface area (TPSA) is 59.6 Å². The first-order chi connectivity index (χ1) is 11.2. The van der Waals surface area contributed by atoms with Crippen LogP contribution in [0, 0.1) is 0 Å². The van der Waals surface area contributed by atoms with Gasteiger partial charge in [-0.3, -0.25) is 4.79 Å². The van der Waals surface area contributed by atoms with Crippen molar-refractivity contribution in [1.29, 1.82) is 0 Å². The Balaban J connectivity index is 1.71. The summed E-state index contributed by atoms with van der Waals surface area (Å²) in [4.78, 5) is 11.8. The van der Waals surface area contributed by atoms with E-state index in [1.807, 2.05) is 25.1 Å². The zero-order valence-electron chi connectivity index (χ0n) is 14.2. The summed E-state index contributed by atoms with van der Waals surface area (Å²) < 4.78 is 10.9. The molecule has 1 saturated heterocycles. The summed E-state index contributed by atoms with van der Waals surface area (Å²) in [5, 5.41) is 6.35. The lowest BCUT2D eigenvalue weighted by molar-refractivity contribution is -0.121. The maximum Gasteiger partial charge on any atom is 0.221 e. The van der Waals surface area contributed by atoms with E-state index in [1.54, 1.807) is 7.11 Å². The van der Waals surface area contributed by atoms with Crippen molar-refractivity contribution in [2.45, 2.75) is 45.1 Å². The first-order valence-electron chi connectivity index (χ1n) is 8.52. The molecule has 0 aliphatic carbocycles. The fourth-order valence-corrected chi connectivity index (χ4v) is 2.89. The Bertz CT molecular complexity index is 499. The second-order valence-electron chi connectivity index (χ2n) is 5.87. The number of benzene rings is 1. The summed E-state index contributed by atoms with van der Waals surface area (Å²) in [7, 11) is 1.65. The number of carbonyl (C=O) groups is 1. The highest BCUT2D eigenvalue weighted by Crippen LogP contribution is 2.28. The Labute approximate surface area is 138 Å². The maximum absolute atomic E-state index is 11.8. The molecular weight excluding hydrogens is 292 g/mol. The van der Waals surface area contributed by atoms with Crippen molar-refractivity contribution in [3.63, 3.8) is 0 Å². The molecule has 128 valence electrons. The number of rotatable bonds is 9. The van der Waals surface area contributed by atoms with Crippen LogP contribution in [-0.2, 0) is 11.2 Å². The first-order valence-corrected chi connectivity index (χ1v) is 8.52. The molecule has 1 atom stereocenters. The van der Waals surface area contributed by atoms with Gasteiger partial charge in [0.25, 0.3) is 0 Å². The van der Waals surface area contributed by atoms with Crippen LogP contribution in [-0.4, -0.2) is 38.8 Å². The predicted octanol–water partition coefficient (Wildman–Crippen LogP) is 2.28. The minimum Gasteiger partial charge on any atom is -0.493 e. The van der Waals surface area contributed by atoms with Crippen LogP contribution in [0.15, 0.2) is 18.2 Å². The maximum atomic E-state index is 11.8. The van der Waals surface area contributed by atoms with E-state index in [-0.39, 0.29) is 5.91 Å². The number of hydrogen-bond acceptors (Lipinski definition) is 4. The number of nitrogens with one attached hydrogen (secondary N) is 2. The van der Waals surface area contributed by atoms with Gasteiger partial charge in [0.15, 0.2) is 11.5 Å². The fraction of sp³-hybridized carbons (Fsp3) is 0.611. The highest BCUT2D eigenvalue weighted by molar-refractivity contribution is 5.76. The summed E-state index contributed by atoms with van der Waals surface area (Å²) in [5.41, 5.74) is 1.20. The smallest absolute Gasteiger partial charge is 0.221 e. The Kier molecular flexibility index (Phi) is 7.20. The Morgan fingerprint density at radius 1 is 1.39 bits per heavy atom. The van der Waals surface area contributed by atoms with E-state index in [0.717, 1.165) is 37.3 Å². The van der Waals surface area contributed by atoms with E-state index in [1.165, 1.54) is 12.0 Å². The van der Waals surface area contributed by atoms with Gasteiger partial charge in [0, 0.05) is 19.0 Å². The molecule has 1 aromatic rings. The van der Waals surface area contributed by atoms with Crippen LogP contribution in [0.1, 0.15) is 38.2 Å². The molecule has 1 fully saturated rings. The SMILES string of the molecule is CCOc1cc(CCCNC(=O)CC2CCCN2)ccc1OC. The van der Waals surface area contributed by atoms with Gasteiger partial charge in [-0.1, -0.05) is 6.07 Å². The largest absolute Gasteiger partial charge is 0.493 e. The van der Waals surface area contributed by atoms with Crippen LogP contribution in [0.25, 0.3) is 0 Å². The molecule has 1 amide bonds. The molecule has 0 saturated carbocycles. The molecule has 1 aliphatic rings. The van der Waals surface area contributed by atoms with Crippen LogP contribution in [0.2, 0.25) is 0 Å². The second-order valence-corrected chi connectivity index (χ2v) is 5.87. The van der Waals surface area contributed by atoms with E-state index in [4.69, 9.17) is 9.47 Å². The molecule has 0 bridgehead atoms. The molecule has 0 radical (unpaired) electrons. The monoisotopic (exact) mass is 320 g/mol. The second kappa shape index (κ2) is 9.40. The van der Waals surface area contributed by atoms with Crippen molar-refractivity contribution in [3.05, 3.63) is 23.8 Å². The predicted molar refractivity (Wildman–Crippen MR) is 91.1 cm³/mol. The molecule has 5 heteroatoms. The number of hydrogen-bond donors (Lipinski definition) is 2. The number of aryl methyl sites for hydroxylation is 1. The van der Waals surface area contributed by atoms with Crippen molar-refractivity contribution >= 4 is 5.91 Å². The Morgan fingerprint density at radius 3 is 2.96 bits per heavy atom. The molecule has 5 nitrogen and oxygen atoms in total. The standard InChI is InChI=1S/C18H28N2O3/c1-3-23-17-12-14(8-9-16(17)22-2)6-4-11-20-18(21)13-15-7-5-10-19-15/h8-9,12,15,19H,3-7,10-11,13H2,1-2H3,(H,20,21). The van der Waals surface area contributed by atoms with Crippen molar-refractivity contribution in [2.24, 2.45) is 0 Å². The molecule has 1 aromatic carbocycles. The molecule has 0 aromatic heterocycles. The quantitative estimate of drug-likeness (QED) is 0.685. The van der Waals surface area contributed by atoms with Gasteiger partial charge in [-0.25, -0.2) is 0 Å². The first kappa shape index (κ1) is 17.6. The number of amides is 1. The minimum absolute atomic E-state index is 0.147. The lowest BCUT2D eigenvalue weighted by Crippen LogP contribution is -2.32. The molecule has 1 aliphatic heterocycles. The summed E-state index contributed by atoms with van der Waals surface area (Å²) in [6, 6.07) is 6.37. The van der Waals surface area contributed by atoms with Crippen molar-refractivity contribution in [3.8, 4) is 11.5 Å². The van der Waals surface area contributed by atoms with E-state index in [0.29, 0.717) is 25.6 Å². The molecule has 1 heterocycles. The summed E-state index contributed by atoms with van der Waals surface area (Å²) in [6.45, 7) is 4.32.